The highest BCUT2D eigenvalue weighted by Gasteiger charge is 2.48. The first-order valence-electron chi connectivity index (χ1n) is 12.1. The molecule has 7 heteroatoms. The first-order valence-corrected chi connectivity index (χ1v) is 13.3. The lowest BCUT2D eigenvalue weighted by Gasteiger charge is -2.44. The Bertz CT molecular complexity index is 966. The van der Waals surface area contributed by atoms with Gasteiger partial charge in [-0.25, -0.2) is 4.98 Å². The predicted octanol–water partition coefficient (Wildman–Crippen LogP) is 4.48. The number of nitrogens with one attached hydrogen (secondary N) is 1. The topological polar surface area (TPSA) is 67.2 Å². The van der Waals surface area contributed by atoms with Crippen molar-refractivity contribution in [2.24, 2.45) is 5.92 Å². The average molecular weight is 457 g/mol. The highest BCUT2D eigenvalue weighted by Crippen LogP contribution is 2.32. The van der Waals surface area contributed by atoms with E-state index in [-0.39, 0.29) is 17.9 Å². The SMILES string of the molecule is CCCSCCCN1C(=O)c2nc3ccccc3n2CC1(C)C(=O)NC1CCC(C)CC1. The Morgan fingerprint density at radius 2 is 1.97 bits per heavy atom. The van der Waals surface area contributed by atoms with E-state index < -0.39 is 5.54 Å². The number of hydrogen-bond acceptors (Lipinski definition) is 4. The van der Waals surface area contributed by atoms with Gasteiger partial charge in [0.1, 0.15) is 5.54 Å². The van der Waals surface area contributed by atoms with Crippen LogP contribution in [0.4, 0.5) is 0 Å². The zero-order chi connectivity index (χ0) is 22.7. The molecular weight excluding hydrogens is 420 g/mol. The number of carbonyl (C=O) groups excluding carboxylic acids is 2. The molecule has 4 rings (SSSR count). The molecule has 1 aromatic carbocycles. The third-order valence-electron chi connectivity index (χ3n) is 7.01. The molecule has 1 unspecified atom stereocenters. The van der Waals surface area contributed by atoms with Crippen molar-refractivity contribution in [1.29, 1.82) is 0 Å². The van der Waals surface area contributed by atoms with E-state index in [2.05, 4.69) is 24.1 Å². The lowest BCUT2D eigenvalue weighted by Crippen LogP contribution is -2.65. The van der Waals surface area contributed by atoms with Crippen LogP contribution in [0.25, 0.3) is 11.0 Å². The maximum absolute atomic E-state index is 13.7. The fourth-order valence-electron chi connectivity index (χ4n) is 5.00. The highest BCUT2D eigenvalue weighted by atomic mass is 32.2. The summed E-state index contributed by atoms with van der Waals surface area (Å²) in [7, 11) is 0. The summed E-state index contributed by atoms with van der Waals surface area (Å²) in [6, 6.07) is 8.01. The van der Waals surface area contributed by atoms with Gasteiger partial charge in [0.25, 0.3) is 5.91 Å². The Kier molecular flexibility index (Phi) is 7.13. The van der Waals surface area contributed by atoms with Crippen LogP contribution in [0.2, 0.25) is 0 Å². The van der Waals surface area contributed by atoms with Crippen molar-refractivity contribution in [2.75, 3.05) is 18.1 Å². The molecule has 6 nitrogen and oxygen atoms in total. The van der Waals surface area contributed by atoms with Crippen molar-refractivity contribution in [3.63, 3.8) is 0 Å². The molecule has 0 radical (unpaired) electrons. The fraction of sp³-hybridized carbons (Fsp3) is 0.640. The molecule has 1 aliphatic carbocycles. The molecule has 32 heavy (non-hydrogen) atoms. The number of rotatable bonds is 8. The molecular formula is C25H36N4O2S. The summed E-state index contributed by atoms with van der Waals surface area (Å²) < 4.78 is 1.95. The maximum atomic E-state index is 13.7. The normalized spacial score (nSPS) is 25.7. The number of hydrogen-bond donors (Lipinski definition) is 1. The van der Waals surface area contributed by atoms with Crippen LogP contribution >= 0.6 is 11.8 Å². The second kappa shape index (κ2) is 9.86. The molecule has 174 valence electrons. The molecule has 1 N–H and O–H groups in total. The third kappa shape index (κ3) is 4.54. The van der Waals surface area contributed by atoms with Gasteiger partial charge < -0.3 is 14.8 Å². The lowest BCUT2D eigenvalue weighted by molar-refractivity contribution is -0.133. The Morgan fingerprint density at radius 1 is 1.22 bits per heavy atom. The summed E-state index contributed by atoms with van der Waals surface area (Å²) in [5.41, 5.74) is 0.797. The van der Waals surface area contributed by atoms with Crippen LogP contribution in [-0.4, -0.2) is 55.9 Å². The summed E-state index contributed by atoms with van der Waals surface area (Å²) in [6.07, 6.45) is 6.36. The van der Waals surface area contributed by atoms with Gasteiger partial charge in [-0.05, 0) is 75.0 Å². The Hall–Kier alpha value is -2.02. The van der Waals surface area contributed by atoms with Gasteiger partial charge in [-0.2, -0.15) is 11.8 Å². The van der Waals surface area contributed by atoms with Gasteiger partial charge in [-0.15, -0.1) is 0 Å². The van der Waals surface area contributed by atoms with Crippen LogP contribution in [0.1, 0.15) is 69.9 Å². The third-order valence-corrected chi connectivity index (χ3v) is 8.29. The number of carbonyl (C=O) groups is 2. The number of benzene rings is 1. The minimum atomic E-state index is -0.925. The number of amides is 2. The van der Waals surface area contributed by atoms with Crippen molar-refractivity contribution in [3.05, 3.63) is 30.1 Å². The summed E-state index contributed by atoms with van der Waals surface area (Å²) >= 11 is 1.91. The van der Waals surface area contributed by atoms with Crippen LogP contribution < -0.4 is 5.32 Å². The van der Waals surface area contributed by atoms with Crippen LogP contribution in [0, 0.1) is 5.92 Å². The number of imidazole rings is 1. The number of para-hydroxylation sites is 2. The van der Waals surface area contributed by atoms with E-state index in [9.17, 15) is 9.59 Å². The van der Waals surface area contributed by atoms with Gasteiger partial charge in [0.15, 0.2) is 5.82 Å². The molecule has 1 aliphatic heterocycles. The monoisotopic (exact) mass is 456 g/mol. The highest BCUT2D eigenvalue weighted by molar-refractivity contribution is 7.99. The van der Waals surface area contributed by atoms with Crippen molar-refractivity contribution in [1.82, 2.24) is 19.8 Å². The number of nitrogens with zero attached hydrogens (tertiary/aromatic N) is 3. The quantitative estimate of drug-likeness (QED) is 0.595. The minimum Gasteiger partial charge on any atom is -0.351 e. The molecule has 2 aromatic rings. The van der Waals surface area contributed by atoms with E-state index in [0.717, 1.165) is 67.0 Å². The summed E-state index contributed by atoms with van der Waals surface area (Å²) in [6.45, 7) is 7.40. The van der Waals surface area contributed by atoms with Gasteiger partial charge >= 0.3 is 0 Å². The summed E-state index contributed by atoms with van der Waals surface area (Å²) in [5, 5.41) is 3.31. The Morgan fingerprint density at radius 3 is 2.72 bits per heavy atom. The van der Waals surface area contributed by atoms with E-state index in [0.29, 0.717) is 18.9 Å². The number of fused-ring (bicyclic) bond motifs is 3. The molecule has 2 amide bonds. The van der Waals surface area contributed by atoms with Gasteiger partial charge in [0.05, 0.1) is 17.6 Å². The van der Waals surface area contributed by atoms with E-state index in [4.69, 9.17) is 0 Å². The predicted molar refractivity (Wildman–Crippen MR) is 131 cm³/mol. The van der Waals surface area contributed by atoms with E-state index in [1.165, 1.54) is 0 Å². The largest absolute Gasteiger partial charge is 0.351 e. The summed E-state index contributed by atoms with van der Waals surface area (Å²) in [5.74, 6) is 3.13. The second-order valence-corrected chi connectivity index (χ2v) is 10.9. The second-order valence-electron chi connectivity index (χ2n) is 9.64. The Balaban J connectivity index is 1.60. The van der Waals surface area contributed by atoms with Gasteiger partial charge in [0, 0.05) is 12.6 Å². The molecule has 0 spiro atoms. The van der Waals surface area contributed by atoms with Crippen molar-refractivity contribution in [3.8, 4) is 0 Å². The fourth-order valence-corrected chi connectivity index (χ4v) is 5.82. The van der Waals surface area contributed by atoms with Gasteiger partial charge in [-0.3, -0.25) is 9.59 Å². The minimum absolute atomic E-state index is 0.0324. The van der Waals surface area contributed by atoms with Gasteiger partial charge in [-0.1, -0.05) is 26.0 Å². The Labute approximate surface area is 195 Å². The summed E-state index contributed by atoms with van der Waals surface area (Å²) in [4.78, 5) is 33.7. The zero-order valence-corrected chi connectivity index (χ0v) is 20.4. The van der Waals surface area contributed by atoms with E-state index in [1.807, 2.05) is 47.5 Å². The molecule has 2 aliphatic rings. The van der Waals surface area contributed by atoms with E-state index in [1.54, 1.807) is 4.90 Å². The molecule has 1 saturated carbocycles. The van der Waals surface area contributed by atoms with Crippen LogP contribution in [-0.2, 0) is 11.3 Å². The average Bonchev–Trinajstić information content (AvgIpc) is 3.15. The molecule has 0 saturated heterocycles. The van der Waals surface area contributed by atoms with Crippen LogP contribution in [0.3, 0.4) is 0 Å². The molecule has 1 atom stereocenters. The smallest absolute Gasteiger partial charge is 0.290 e. The molecule has 1 fully saturated rings. The first kappa shape index (κ1) is 23.1. The molecule has 2 heterocycles. The number of aromatic nitrogens is 2. The van der Waals surface area contributed by atoms with Crippen LogP contribution in [0.15, 0.2) is 24.3 Å². The van der Waals surface area contributed by atoms with Crippen molar-refractivity contribution in [2.45, 2.75) is 77.4 Å². The molecule has 1 aromatic heterocycles. The van der Waals surface area contributed by atoms with Crippen molar-refractivity contribution >= 4 is 34.6 Å². The van der Waals surface area contributed by atoms with Crippen LogP contribution in [0.5, 0.6) is 0 Å². The first-order chi connectivity index (χ1) is 15.4. The lowest BCUT2D eigenvalue weighted by atomic mass is 9.86. The van der Waals surface area contributed by atoms with Crippen molar-refractivity contribution < 1.29 is 9.59 Å². The van der Waals surface area contributed by atoms with Gasteiger partial charge in [0.2, 0.25) is 5.91 Å². The number of thioether (sulfide) groups is 1. The standard InChI is InChI=1S/C25H36N4O2S/c1-4-15-32-16-7-14-29-23(30)22-27-20-8-5-6-9-21(20)28(22)17-25(29,3)24(31)26-19-12-10-18(2)11-13-19/h5-6,8-9,18-19H,4,7,10-17H2,1-3H3,(H,26,31). The van der Waals surface area contributed by atoms with E-state index >= 15 is 0 Å². The molecule has 0 bridgehead atoms. The maximum Gasteiger partial charge on any atom is 0.290 e. The zero-order valence-electron chi connectivity index (χ0n) is 19.6.